The minimum atomic E-state index is -0.743. The van der Waals surface area contributed by atoms with Crippen molar-refractivity contribution in [3.05, 3.63) is 0 Å². The van der Waals surface area contributed by atoms with Crippen LogP contribution in [-0.4, -0.2) is 0 Å². The van der Waals surface area contributed by atoms with Crippen molar-refractivity contribution in [2.24, 2.45) is 5.41 Å². The second-order valence-electron chi connectivity index (χ2n) is 2.84. The molecule has 0 aliphatic rings. The Morgan fingerprint density at radius 3 is 1.00 bits per heavy atom. The normalized spacial score (nSPS) is 8.92. The third-order valence-corrected chi connectivity index (χ3v) is 1.82. The van der Waals surface area contributed by atoms with Gasteiger partial charge in [0.15, 0.2) is 0 Å². The molecule has 0 heterocycles. The molecule has 0 atom stereocenters. The van der Waals surface area contributed by atoms with E-state index >= 15 is 0 Å². The molecule has 0 radical (unpaired) electrons. The predicted molar refractivity (Wildman–Crippen MR) is 43.4 cm³/mol. The Kier molecular flexibility index (Phi) is 4.71. The summed E-state index contributed by atoms with van der Waals surface area (Å²) in [5.74, 6) is 0. The average Bonchev–Trinajstić information content (AvgIpc) is 2.06. The summed E-state index contributed by atoms with van der Waals surface area (Å²) in [6, 6.07) is 7.64. The van der Waals surface area contributed by atoms with Crippen LogP contribution in [0, 0.1) is 50.7 Å². The van der Waals surface area contributed by atoms with Crippen molar-refractivity contribution in [1.29, 1.82) is 21.0 Å². The lowest BCUT2D eigenvalue weighted by atomic mass is 9.77. The molecule has 0 rings (SSSR count). The molecular weight excluding hydrogens is 164 g/mol. The van der Waals surface area contributed by atoms with Crippen LogP contribution in [-0.2, 0) is 0 Å². The van der Waals surface area contributed by atoms with E-state index in [1.54, 1.807) is 0 Å². The maximum absolute atomic E-state index is 8.50. The van der Waals surface area contributed by atoms with E-state index in [0.29, 0.717) is 0 Å². The smallest absolute Gasteiger partial charge is 0.0628 e. The van der Waals surface area contributed by atoms with E-state index in [0.717, 1.165) is 0 Å². The molecule has 0 bridgehead atoms. The summed E-state index contributed by atoms with van der Waals surface area (Å²) in [5.41, 5.74) is -0.743. The zero-order valence-electron chi connectivity index (χ0n) is 7.12. The van der Waals surface area contributed by atoms with Gasteiger partial charge >= 0.3 is 0 Å². The van der Waals surface area contributed by atoms with Crippen LogP contribution in [0.5, 0.6) is 0 Å². The molecule has 0 aliphatic heterocycles. The Labute approximate surface area is 77.2 Å². The van der Waals surface area contributed by atoms with E-state index in [1.165, 1.54) is 0 Å². The molecule has 0 saturated heterocycles. The lowest BCUT2D eigenvalue weighted by Crippen LogP contribution is -2.18. The molecule has 0 fully saturated rings. The largest absolute Gasteiger partial charge is 0.198 e. The van der Waals surface area contributed by atoms with Crippen LogP contribution in [0.4, 0.5) is 0 Å². The molecule has 0 amide bonds. The molecule has 0 saturated carbocycles. The van der Waals surface area contributed by atoms with Gasteiger partial charge in [0, 0.05) is 31.1 Å². The SMILES string of the molecule is N#CCC(CC#N)(CC#N)CC#N. The first-order chi connectivity index (χ1) is 6.24. The zero-order valence-corrected chi connectivity index (χ0v) is 7.12. The molecule has 13 heavy (non-hydrogen) atoms. The van der Waals surface area contributed by atoms with Gasteiger partial charge in [0.1, 0.15) is 0 Å². The molecule has 0 aromatic carbocycles. The first-order valence-corrected chi connectivity index (χ1v) is 3.72. The summed E-state index contributed by atoms with van der Waals surface area (Å²) in [4.78, 5) is 0. The first-order valence-electron chi connectivity index (χ1n) is 3.72. The van der Waals surface area contributed by atoms with Gasteiger partial charge in [0.2, 0.25) is 0 Å². The summed E-state index contributed by atoms with van der Waals surface area (Å²) in [6.07, 6.45) is 0.340. The van der Waals surface area contributed by atoms with Gasteiger partial charge in [-0.2, -0.15) is 21.0 Å². The second kappa shape index (κ2) is 5.59. The number of nitrogens with zero attached hydrogens (tertiary/aromatic N) is 4. The van der Waals surface area contributed by atoms with Crippen molar-refractivity contribution in [2.45, 2.75) is 25.7 Å². The highest BCUT2D eigenvalue weighted by atomic mass is 14.4. The molecule has 0 aromatic rings. The van der Waals surface area contributed by atoms with Gasteiger partial charge in [-0.05, 0) is 0 Å². The quantitative estimate of drug-likeness (QED) is 0.643. The number of hydrogen-bond donors (Lipinski definition) is 0. The highest BCUT2D eigenvalue weighted by Gasteiger charge is 2.29. The minimum absolute atomic E-state index is 0.0850. The third kappa shape index (κ3) is 3.24. The van der Waals surface area contributed by atoms with Gasteiger partial charge in [-0.15, -0.1) is 0 Å². The maximum Gasteiger partial charge on any atom is 0.0628 e. The molecule has 4 nitrogen and oxygen atoms in total. The van der Waals surface area contributed by atoms with Crippen molar-refractivity contribution in [1.82, 2.24) is 0 Å². The van der Waals surface area contributed by atoms with E-state index in [4.69, 9.17) is 21.0 Å². The van der Waals surface area contributed by atoms with Crippen LogP contribution < -0.4 is 0 Å². The fraction of sp³-hybridized carbons (Fsp3) is 0.556. The number of nitriles is 4. The number of rotatable bonds is 4. The van der Waals surface area contributed by atoms with Gasteiger partial charge in [-0.25, -0.2) is 0 Å². The zero-order chi connectivity index (χ0) is 10.2. The Bertz CT molecular complexity index is 248. The maximum atomic E-state index is 8.50. The summed E-state index contributed by atoms with van der Waals surface area (Å²) in [7, 11) is 0. The fourth-order valence-electron chi connectivity index (χ4n) is 1.05. The summed E-state index contributed by atoms with van der Waals surface area (Å²) < 4.78 is 0. The molecule has 0 spiro atoms. The van der Waals surface area contributed by atoms with E-state index in [1.807, 2.05) is 24.3 Å². The van der Waals surface area contributed by atoms with E-state index in [-0.39, 0.29) is 25.7 Å². The summed E-state index contributed by atoms with van der Waals surface area (Å²) >= 11 is 0. The van der Waals surface area contributed by atoms with Crippen molar-refractivity contribution in [3.8, 4) is 24.3 Å². The molecule has 4 heteroatoms. The lowest BCUT2D eigenvalue weighted by Gasteiger charge is -2.21. The molecule has 64 valence electrons. The van der Waals surface area contributed by atoms with Crippen LogP contribution in [0.25, 0.3) is 0 Å². The van der Waals surface area contributed by atoms with Crippen LogP contribution in [0.3, 0.4) is 0 Å². The molecule has 0 N–H and O–H groups in total. The molecule has 0 unspecified atom stereocenters. The monoisotopic (exact) mass is 172 g/mol. The number of hydrogen-bond acceptors (Lipinski definition) is 4. The van der Waals surface area contributed by atoms with Crippen LogP contribution in [0.2, 0.25) is 0 Å². The van der Waals surface area contributed by atoms with Crippen molar-refractivity contribution in [2.75, 3.05) is 0 Å². The van der Waals surface area contributed by atoms with Gasteiger partial charge in [0.05, 0.1) is 24.3 Å². The molecule has 0 aromatic heterocycles. The van der Waals surface area contributed by atoms with E-state index < -0.39 is 5.41 Å². The highest BCUT2D eigenvalue weighted by Crippen LogP contribution is 2.33. The van der Waals surface area contributed by atoms with Gasteiger partial charge in [0.25, 0.3) is 0 Å². The Balaban J connectivity index is 4.66. The summed E-state index contributed by atoms with van der Waals surface area (Å²) in [6.45, 7) is 0. The standard InChI is InChI=1S/C9H8N4/c10-5-1-9(2-6-11,3-7-12)4-8-13/h1-4H2. The topological polar surface area (TPSA) is 95.2 Å². The lowest BCUT2D eigenvalue weighted by molar-refractivity contribution is 0.316. The van der Waals surface area contributed by atoms with Crippen molar-refractivity contribution >= 4 is 0 Å². The fourth-order valence-corrected chi connectivity index (χ4v) is 1.05. The van der Waals surface area contributed by atoms with Gasteiger partial charge in [-0.1, -0.05) is 0 Å². The summed E-state index contributed by atoms with van der Waals surface area (Å²) in [5, 5.41) is 34.0. The average molecular weight is 172 g/mol. The molecular formula is C9H8N4. The Hall–Kier alpha value is -2.04. The highest BCUT2D eigenvalue weighted by molar-refractivity contribution is 5.03. The molecule has 0 aliphatic carbocycles. The predicted octanol–water partition coefficient (Wildman–Crippen LogP) is 1.63. The second-order valence-corrected chi connectivity index (χ2v) is 2.84. The van der Waals surface area contributed by atoms with Crippen molar-refractivity contribution < 1.29 is 0 Å². The van der Waals surface area contributed by atoms with E-state index in [2.05, 4.69) is 0 Å². The van der Waals surface area contributed by atoms with Crippen LogP contribution >= 0.6 is 0 Å². The van der Waals surface area contributed by atoms with Crippen LogP contribution in [0.1, 0.15) is 25.7 Å². The first kappa shape index (κ1) is 11.0. The Morgan fingerprint density at radius 2 is 0.846 bits per heavy atom. The van der Waals surface area contributed by atoms with Gasteiger partial charge in [-0.3, -0.25) is 0 Å². The minimum Gasteiger partial charge on any atom is -0.198 e. The Morgan fingerprint density at radius 1 is 0.615 bits per heavy atom. The van der Waals surface area contributed by atoms with E-state index in [9.17, 15) is 0 Å². The third-order valence-electron chi connectivity index (χ3n) is 1.82. The van der Waals surface area contributed by atoms with Gasteiger partial charge < -0.3 is 0 Å². The van der Waals surface area contributed by atoms with Crippen LogP contribution in [0.15, 0.2) is 0 Å². The van der Waals surface area contributed by atoms with Crippen molar-refractivity contribution in [3.63, 3.8) is 0 Å².